The Balaban J connectivity index is 1.52. The molecule has 1 aliphatic heterocycles. The van der Waals surface area contributed by atoms with Crippen molar-refractivity contribution in [2.45, 2.75) is 39.2 Å². The lowest BCUT2D eigenvalue weighted by molar-refractivity contribution is -0.140. The number of piperidine rings is 1. The topological polar surface area (TPSA) is 58.6 Å². The van der Waals surface area contributed by atoms with E-state index in [2.05, 4.69) is 5.32 Å². The summed E-state index contributed by atoms with van der Waals surface area (Å²) in [5.74, 6) is 0.499. The molecule has 0 spiro atoms. The van der Waals surface area contributed by atoms with Crippen LogP contribution in [0.2, 0.25) is 0 Å². The van der Waals surface area contributed by atoms with Crippen LogP contribution in [0.4, 0.5) is 4.39 Å². The number of likely N-dealkylation sites (tertiary alicyclic amines) is 1. The normalized spacial score (nSPS) is 18.7. The molecule has 1 heterocycles. The number of methoxy groups -OCH3 is 1. The average molecular weight is 413 g/mol. The third-order valence-corrected chi connectivity index (χ3v) is 5.75. The summed E-state index contributed by atoms with van der Waals surface area (Å²) in [5.41, 5.74) is 1.31. The van der Waals surface area contributed by atoms with Gasteiger partial charge >= 0.3 is 0 Å². The molecule has 0 aromatic heterocycles. The molecular weight excluding hydrogens is 383 g/mol. The number of nitrogens with one attached hydrogen (secondary N) is 1. The SMILES string of the molecule is COc1ccc(CCC(=O)N2CCC[C@@](C)(C(=O)NCc3ccc(F)cc3)C2)cc1. The molecule has 0 saturated carbocycles. The fourth-order valence-corrected chi connectivity index (χ4v) is 3.84. The Hall–Kier alpha value is -2.89. The van der Waals surface area contributed by atoms with Crippen molar-refractivity contribution in [3.8, 4) is 5.75 Å². The van der Waals surface area contributed by atoms with E-state index in [0.29, 0.717) is 32.5 Å². The molecule has 30 heavy (non-hydrogen) atoms. The van der Waals surface area contributed by atoms with Crippen LogP contribution in [-0.2, 0) is 22.6 Å². The lowest BCUT2D eigenvalue weighted by atomic mass is 9.80. The predicted molar refractivity (Wildman–Crippen MR) is 113 cm³/mol. The van der Waals surface area contributed by atoms with Gasteiger partial charge in [-0.1, -0.05) is 24.3 Å². The number of carbonyl (C=O) groups excluding carboxylic acids is 2. The quantitative estimate of drug-likeness (QED) is 0.754. The molecule has 6 heteroatoms. The predicted octanol–water partition coefficient (Wildman–Crippen LogP) is 3.71. The maximum absolute atomic E-state index is 13.0. The molecule has 0 radical (unpaired) electrons. The third kappa shape index (κ3) is 5.59. The van der Waals surface area contributed by atoms with Gasteiger partial charge in [-0.2, -0.15) is 0 Å². The van der Waals surface area contributed by atoms with Gasteiger partial charge in [0, 0.05) is 26.1 Å². The van der Waals surface area contributed by atoms with Gasteiger partial charge in [-0.25, -0.2) is 4.39 Å². The van der Waals surface area contributed by atoms with E-state index in [1.807, 2.05) is 36.1 Å². The van der Waals surface area contributed by atoms with Crippen molar-refractivity contribution in [2.24, 2.45) is 5.41 Å². The van der Waals surface area contributed by atoms with Gasteiger partial charge in [0.05, 0.1) is 12.5 Å². The van der Waals surface area contributed by atoms with Gasteiger partial charge in [0.15, 0.2) is 0 Å². The van der Waals surface area contributed by atoms with E-state index < -0.39 is 5.41 Å². The van der Waals surface area contributed by atoms with Crippen LogP contribution in [-0.4, -0.2) is 36.9 Å². The van der Waals surface area contributed by atoms with Crippen LogP contribution in [0.15, 0.2) is 48.5 Å². The number of rotatable bonds is 7. The van der Waals surface area contributed by atoms with Gasteiger partial charge in [-0.05, 0) is 61.6 Å². The highest BCUT2D eigenvalue weighted by Crippen LogP contribution is 2.30. The first kappa shape index (κ1) is 21.8. The van der Waals surface area contributed by atoms with Crippen LogP contribution in [0.1, 0.15) is 37.3 Å². The highest BCUT2D eigenvalue weighted by atomic mass is 19.1. The first-order valence-electron chi connectivity index (χ1n) is 10.3. The summed E-state index contributed by atoms with van der Waals surface area (Å²) < 4.78 is 18.2. The fourth-order valence-electron chi connectivity index (χ4n) is 3.84. The summed E-state index contributed by atoms with van der Waals surface area (Å²) in [6.45, 7) is 3.36. The van der Waals surface area contributed by atoms with Crippen molar-refractivity contribution >= 4 is 11.8 Å². The Morgan fingerprint density at radius 1 is 1.10 bits per heavy atom. The second-order valence-corrected chi connectivity index (χ2v) is 8.14. The van der Waals surface area contributed by atoms with E-state index in [1.165, 1.54) is 12.1 Å². The lowest BCUT2D eigenvalue weighted by Gasteiger charge is -2.39. The van der Waals surface area contributed by atoms with Crippen molar-refractivity contribution in [3.05, 3.63) is 65.5 Å². The minimum absolute atomic E-state index is 0.0699. The molecule has 1 saturated heterocycles. The summed E-state index contributed by atoms with van der Waals surface area (Å²) in [4.78, 5) is 27.4. The molecule has 2 aromatic rings. The van der Waals surface area contributed by atoms with E-state index in [9.17, 15) is 14.0 Å². The van der Waals surface area contributed by atoms with Gasteiger partial charge in [0.2, 0.25) is 11.8 Å². The molecule has 160 valence electrons. The molecule has 2 aromatic carbocycles. The smallest absolute Gasteiger partial charge is 0.227 e. The van der Waals surface area contributed by atoms with Crippen LogP contribution >= 0.6 is 0 Å². The van der Waals surface area contributed by atoms with Crippen LogP contribution < -0.4 is 10.1 Å². The summed E-state index contributed by atoms with van der Waals surface area (Å²) in [6, 6.07) is 13.8. The number of halogens is 1. The first-order valence-corrected chi connectivity index (χ1v) is 10.3. The van der Waals surface area contributed by atoms with Crippen LogP contribution in [0.5, 0.6) is 5.75 Å². The highest BCUT2D eigenvalue weighted by Gasteiger charge is 2.39. The zero-order chi connectivity index (χ0) is 21.6. The van der Waals surface area contributed by atoms with Crippen molar-refractivity contribution in [1.82, 2.24) is 10.2 Å². The molecule has 1 atom stereocenters. The minimum Gasteiger partial charge on any atom is -0.497 e. The number of benzene rings is 2. The maximum atomic E-state index is 13.0. The van der Waals surface area contributed by atoms with E-state index in [4.69, 9.17) is 4.74 Å². The summed E-state index contributed by atoms with van der Waals surface area (Å²) in [7, 11) is 1.63. The first-order chi connectivity index (χ1) is 14.4. The van der Waals surface area contributed by atoms with Gasteiger partial charge < -0.3 is 15.0 Å². The summed E-state index contributed by atoms with van der Waals surface area (Å²) in [6.07, 6.45) is 2.62. The number of hydrogen-bond acceptors (Lipinski definition) is 3. The Kier molecular flexibility index (Phi) is 7.08. The Morgan fingerprint density at radius 3 is 2.43 bits per heavy atom. The Morgan fingerprint density at radius 2 is 1.77 bits per heavy atom. The average Bonchev–Trinajstić information content (AvgIpc) is 2.77. The molecular formula is C24H29FN2O3. The molecule has 5 nitrogen and oxygen atoms in total. The summed E-state index contributed by atoms with van der Waals surface area (Å²) >= 11 is 0. The van der Waals surface area contributed by atoms with Crippen molar-refractivity contribution < 1.29 is 18.7 Å². The molecule has 0 bridgehead atoms. The molecule has 0 unspecified atom stereocenters. The number of amides is 2. The Labute approximate surface area is 177 Å². The molecule has 1 fully saturated rings. The molecule has 0 aliphatic carbocycles. The van der Waals surface area contributed by atoms with Gasteiger partial charge in [0.25, 0.3) is 0 Å². The highest BCUT2D eigenvalue weighted by molar-refractivity contribution is 5.84. The molecule has 3 rings (SSSR count). The number of aryl methyl sites for hydroxylation is 1. The minimum atomic E-state index is -0.617. The third-order valence-electron chi connectivity index (χ3n) is 5.75. The second-order valence-electron chi connectivity index (χ2n) is 8.14. The van der Waals surface area contributed by atoms with Crippen molar-refractivity contribution in [1.29, 1.82) is 0 Å². The maximum Gasteiger partial charge on any atom is 0.227 e. The standard InChI is InChI=1S/C24H29FN2O3/c1-24(23(29)26-16-19-4-9-20(25)10-5-19)14-3-15-27(17-24)22(28)13-8-18-6-11-21(30-2)12-7-18/h4-7,9-12H,3,8,13-17H2,1-2H3,(H,26,29)/t24-/m1/s1. The molecule has 2 amide bonds. The number of carbonyl (C=O) groups is 2. The van der Waals surface area contributed by atoms with E-state index in [0.717, 1.165) is 29.7 Å². The zero-order valence-electron chi connectivity index (χ0n) is 17.6. The van der Waals surface area contributed by atoms with Gasteiger partial charge in [-0.15, -0.1) is 0 Å². The molecule has 1 N–H and O–H groups in total. The largest absolute Gasteiger partial charge is 0.497 e. The number of ether oxygens (including phenoxy) is 1. The second kappa shape index (κ2) is 9.74. The van der Waals surface area contributed by atoms with Crippen molar-refractivity contribution in [2.75, 3.05) is 20.2 Å². The monoisotopic (exact) mass is 412 g/mol. The number of nitrogens with zero attached hydrogens (tertiary/aromatic N) is 1. The van der Waals surface area contributed by atoms with E-state index in [-0.39, 0.29) is 17.6 Å². The van der Waals surface area contributed by atoms with Crippen molar-refractivity contribution in [3.63, 3.8) is 0 Å². The van der Waals surface area contributed by atoms with Crippen LogP contribution in [0.3, 0.4) is 0 Å². The van der Waals surface area contributed by atoms with Crippen LogP contribution in [0, 0.1) is 11.2 Å². The van der Waals surface area contributed by atoms with Gasteiger partial charge in [-0.3, -0.25) is 9.59 Å². The van der Waals surface area contributed by atoms with E-state index >= 15 is 0 Å². The van der Waals surface area contributed by atoms with Crippen LogP contribution in [0.25, 0.3) is 0 Å². The van der Waals surface area contributed by atoms with Gasteiger partial charge in [0.1, 0.15) is 11.6 Å². The lowest BCUT2D eigenvalue weighted by Crippen LogP contribution is -2.51. The van der Waals surface area contributed by atoms with E-state index in [1.54, 1.807) is 19.2 Å². The Bertz CT molecular complexity index is 867. The summed E-state index contributed by atoms with van der Waals surface area (Å²) in [5, 5.41) is 2.95. The fraction of sp³-hybridized carbons (Fsp3) is 0.417. The zero-order valence-corrected chi connectivity index (χ0v) is 17.6. The number of hydrogen-bond donors (Lipinski definition) is 1. The molecule has 1 aliphatic rings.